The zero-order valence-electron chi connectivity index (χ0n) is 20.2. The van der Waals surface area contributed by atoms with E-state index in [2.05, 4.69) is 14.5 Å². The molecule has 1 fully saturated rings. The fourth-order valence-corrected chi connectivity index (χ4v) is 5.17. The van der Waals surface area contributed by atoms with Crippen LogP contribution < -0.4 is 5.49 Å². The Kier molecular flexibility index (Phi) is 6.32. The van der Waals surface area contributed by atoms with Crippen LogP contribution in [0.4, 0.5) is 13.2 Å². The second-order valence-electron chi connectivity index (χ2n) is 9.59. The molecule has 0 aliphatic carbocycles. The molecular formula is C26H28F3N5O2. The number of hydrogen-bond acceptors (Lipinski definition) is 5. The van der Waals surface area contributed by atoms with Gasteiger partial charge in [0, 0.05) is 43.9 Å². The third kappa shape index (κ3) is 4.27. The van der Waals surface area contributed by atoms with Crippen LogP contribution in [0.1, 0.15) is 68.2 Å². The first-order valence-corrected chi connectivity index (χ1v) is 12.2. The zero-order valence-corrected chi connectivity index (χ0v) is 20.2. The van der Waals surface area contributed by atoms with Crippen molar-refractivity contribution in [2.75, 3.05) is 13.1 Å². The highest BCUT2D eigenvalue weighted by Crippen LogP contribution is 2.33. The Morgan fingerprint density at radius 3 is 2.61 bits per heavy atom. The maximum absolute atomic E-state index is 14.8. The van der Waals surface area contributed by atoms with Gasteiger partial charge in [-0.2, -0.15) is 0 Å². The van der Waals surface area contributed by atoms with Gasteiger partial charge in [0.25, 0.3) is 6.43 Å². The quantitative estimate of drug-likeness (QED) is 0.589. The number of amides is 1. The van der Waals surface area contributed by atoms with Gasteiger partial charge >= 0.3 is 0 Å². The molecule has 5 rings (SSSR count). The Labute approximate surface area is 206 Å². The number of rotatable bonds is 4. The summed E-state index contributed by atoms with van der Waals surface area (Å²) in [6.45, 7) is 4.79. The van der Waals surface area contributed by atoms with Crippen molar-refractivity contribution >= 4 is 16.8 Å². The number of aromatic nitrogens is 3. The maximum Gasteiger partial charge on any atom is 0.266 e. The number of carbonyl (C=O) groups is 1. The van der Waals surface area contributed by atoms with Gasteiger partial charge in [0.1, 0.15) is 17.2 Å². The van der Waals surface area contributed by atoms with E-state index in [1.54, 1.807) is 24.1 Å². The number of carbonyl (C=O) groups excluding carboxylic acids is 1. The molecule has 36 heavy (non-hydrogen) atoms. The number of alkyl halides is 2. The van der Waals surface area contributed by atoms with Gasteiger partial charge in [-0.15, -0.1) is 0 Å². The Bertz CT molecular complexity index is 1400. The molecule has 7 nitrogen and oxygen atoms in total. The number of fused-ring (bicyclic) bond motifs is 3. The average Bonchev–Trinajstić information content (AvgIpc) is 3.32. The highest BCUT2D eigenvalue weighted by molar-refractivity contribution is 5.78. The normalized spacial score (nSPS) is 18.6. The van der Waals surface area contributed by atoms with E-state index in [9.17, 15) is 23.1 Å². The van der Waals surface area contributed by atoms with E-state index < -0.39 is 29.4 Å². The van der Waals surface area contributed by atoms with Gasteiger partial charge in [-0.1, -0.05) is 18.2 Å². The predicted octanol–water partition coefficient (Wildman–Crippen LogP) is 3.95. The molecule has 2 aliphatic heterocycles. The lowest BCUT2D eigenvalue weighted by Crippen LogP contribution is -2.44. The fourth-order valence-electron chi connectivity index (χ4n) is 5.17. The lowest BCUT2D eigenvalue weighted by molar-refractivity contribution is -0.133. The Morgan fingerprint density at radius 1 is 1.19 bits per heavy atom. The minimum atomic E-state index is -2.92. The SMILES string of the molecule is CC(=O)N1CCC(O)(c2cc3/c(=N/[C@H](C)c4cccc(C(F)F)c4F)nc4n(c3cn2)CCC4)CC1. The summed E-state index contributed by atoms with van der Waals surface area (Å²) in [5, 5.41) is 12.0. The third-order valence-electron chi connectivity index (χ3n) is 7.32. The van der Waals surface area contributed by atoms with Crippen LogP contribution in [0.5, 0.6) is 0 Å². The molecule has 2 aliphatic rings. The molecule has 3 aromatic rings. The lowest BCUT2D eigenvalue weighted by Gasteiger charge is -2.37. The van der Waals surface area contributed by atoms with Crippen LogP contribution in [0.25, 0.3) is 10.9 Å². The minimum absolute atomic E-state index is 0.0297. The van der Waals surface area contributed by atoms with Crippen LogP contribution in [0.15, 0.2) is 35.5 Å². The summed E-state index contributed by atoms with van der Waals surface area (Å²) >= 11 is 0. The number of benzene rings is 1. The van der Waals surface area contributed by atoms with Crippen molar-refractivity contribution in [1.29, 1.82) is 0 Å². The number of nitrogens with zero attached hydrogens (tertiary/aromatic N) is 5. The van der Waals surface area contributed by atoms with E-state index in [-0.39, 0.29) is 11.5 Å². The van der Waals surface area contributed by atoms with Crippen LogP contribution in [0.3, 0.4) is 0 Å². The highest BCUT2D eigenvalue weighted by atomic mass is 19.3. The van der Waals surface area contributed by atoms with Gasteiger partial charge in [-0.3, -0.25) is 14.8 Å². The van der Waals surface area contributed by atoms with Crippen molar-refractivity contribution < 1.29 is 23.1 Å². The molecule has 1 amide bonds. The number of halogens is 3. The van der Waals surface area contributed by atoms with Crippen molar-refractivity contribution in [3.8, 4) is 0 Å². The van der Waals surface area contributed by atoms with Gasteiger partial charge < -0.3 is 14.6 Å². The predicted molar refractivity (Wildman–Crippen MR) is 127 cm³/mol. The van der Waals surface area contributed by atoms with Gasteiger partial charge in [0.15, 0.2) is 5.49 Å². The number of aryl methyl sites for hydroxylation is 2. The van der Waals surface area contributed by atoms with Crippen LogP contribution in [0, 0.1) is 5.82 Å². The summed E-state index contributed by atoms with van der Waals surface area (Å²) < 4.78 is 43.4. The lowest BCUT2D eigenvalue weighted by atomic mass is 9.87. The fraction of sp³-hybridized carbons (Fsp3) is 0.462. The summed E-state index contributed by atoms with van der Waals surface area (Å²) in [4.78, 5) is 27.4. The van der Waals surface area contributed by atoms with Crippen molar-refractivity contribution in [1.82, 2.24) is 19.4 Å². The molecule has 0 spiro atoms. The van der Waals surface area contributed by atoms with E-state index in [4.69, 9.17) is 4.98 Å². The van der Waals surface area contributed by atoms with Gasteiger partial charge in [0.2, 0.25) is 5.91 Å². The summed E-state index contributed by atoms with van der Waals surface area (Å²) in [5.41, 5.74) is -0.152. The highest BCUT2D eigenvalue weighted by Gasteiger charge is 2.36. The van der Waals surface area contributed by atoms with E-state index in [0.29, 0.717) is 42.5 Å². The molecule has 0 saturated carbocycles. The molecule has 1 atom stereocenters. The van der Waals surface area contributed by atoms with Crippen molar-refractivity contribution in [3.63, 3.8) is 0 Å². The molecule has 0 bridgehead atoms. The molecule has 10 heteroatoms. The molecule has 1 aromatic carbocycles. The molecule has 190 valence electrons. The van der Waals surface area contributed by atoms with Crippen molar-refractivity contribution in [3.05, 3.63) is 64.4 Å². The average molecular weight is 500 g/mol. The number of pyridine rings is 1. The van der Waals surface area contributed by atoms with Crippen molar-refractivity contribution in [2.45, 2.75) is 64.1 Å². The molecule has 0 radical (unpaired) electrons. The summed E-state index contributed by atoms with van der Waals surface area (Å²) in [7, 11) is 0. The van der Waals surface area contributed by atoms with Crippen LogP contribution in [-0.2, 0) is 23.4 Å². The number of likely N-dealkylation sites (tertiary alicyclic amines) is 1. The smallest absolute Gasteiger partial charge is 0.266 e. The topological polar surface area (TPSA) is 83.6 Å². The molecule has 1 saturated heterocycles. The van der Waals surface area contributed by atoms with E-state index in [0.717, 1.165) is 36.8 Å². The zero-order chi connectivity index (χ0) is 25.6. The molecular weight excluding hydrogens is 471 g/mol. The standard InChI is InChI=1S/C26H28F3N5O2/c1-15(17-5-3-6-18(23(17)27)24(28)29)31-25-19-13-21(26(36)8-11-33(12-9-26)16(2)35)30-14-20(19)34-10-4-7-22(34)32-25/h3,5-6,13-15,24,36H,4,7-12H2,1-2H3/b31-25-/t15-/m1/s1. The van der Waals surface area contributed by atoms with Gasteiger partial charge in [-0.25, -0.2) is 18.2 Å². The summed E-state index contributed by atoms with van der Waals surface area (Å²) in [5.74, 6) is -0.159. The Hall–Kier alpha value is -3.27. The largest absolute Gasteiger partial charge is 0.383 e. The molecule has 4 heterocycles. The van der Waals surface area contributed by atoms with E-state index in [1.807, 2.05) is 0 Å². The number of piperidine rings is 1. The van der Waals surface area contributed by atoms with Crippen LogP contribution in [0.2, 0.25) is 0 Å². The van der Waals surface area contributed by atoms with Crippen LogP contribution in [-0.4, -0.2) is 43.5 Å². The minimum Gasteiger partial charge on any atom is -0.383 e. The third-order valence-corrected chi connectivity index (χ3v) is 7.32. The van der Waals surface area contributed by atoms with Gasteiger partial charge in [0.05, 0.1) is 29.0 Å². The number of aliphatic hydroxyl groups is 1. The summed E-state index contributed by atoms with van der Waals surface area (Å²) in [6, 6.07) is 4.95. The molecule has 1 N–H and O–H groups in total. The first kappa shape index (κ1) is 24.4. The molecule has 2 aromatic heterocycles. The first-order valence-electron chi connectivity index (χ1n) is 12.2. The van der Waals surface area contributed by atoms with Crippen molar-refractivity contribution in [2.24, 2.45) is 4.99 Å². The van der Waals surface area contributed by atoms with Gasteiger partial charge in [-0.05, 0) is 32.3 Å². The summed E-state index contributed by atoms with van der Waals surface area (Å²) in [6.07, 6.45) is 1.16. The Balaban J connectivity index is 1.61. The number of hydrogen-bond donors (Lipinski definition) is 1. The first-order chi connectivity index (χ1) is 17.2. The maximum atomic E-state index is 14.8. The second-order valence-corrected chi connectivity index (χ2v) is 9.59. The molecule has 0 unspecified atom stereocenters. The van der Waals surface area contributed by atoms with Crippen LogP contribution >= 0.6 is 0 Å². The second kappa shape index (κ2) is 9.31. The monoisotopic (exact) mass is 499 g/mol. The Morgan fingerprint density at radius 2 is 1.92 bits per heavy atom. The van der Waals surface area contributed by atoms with E-state index in [1.165, 1.54) is 19.1 Å². The van der Waals surface area contributed by atoms with E-state index >= 15 is 0 Å².